The lowest BCUT2D eigenvalue weighted by molar-refractivity contribution is 0.0529. The first kappa shape index (κ1) is 18.1. The van der Waals surface area contributed by atoms with Crippen molar-refractivity contribution in [2.45, 2.75) is 32.9 Å². The number of amides is 1. The smallest absolute Gasteiger partial charge is 0.407 e. The number of fused-ring (bicyclic) bond motifs is 1. The van der Waals surface area contributed by atoms with Gasteiger partial charge in [0.2, 0.25) is 6.79 Å². The van der Waals surface area contributed by atoms with Crippen molar-refractivity contribution in [2.75, 3.05) is 19.9 Å². The Kier molecular flexibility index (Phi) is 6.08. The number of benzene rings is 1. The predicted molar refractivity (Wildman–Crippen MR) is 94.2 cm³/mol. The molecule has 7 nitrogen and oxygen atoms in total. The molecule has 0 aliphatic carbocycles. The van der Waals surface area contributed by atoms with Gasteiger partial charge in [0.15, 0.2) is 16.6 Å². The molecule has 1 aliphatic heterocycles. The summed E-state index contributed by atoms with van der Waals surface area (Å²) in [5.41, 5.74) is 0.536. The molecule has 0 saturated heterocycles. The van der Waals surface area contributed by atoms with Gasteiger partial charge in [0, 0.05) is 19.6 Å². The van der Waals surface area contributed by atoms with E-state index in [9.17, 15) is 4.79 Å². The average molecular weight is 353 g/mol. The van der Waals surface area contributed by atoms with Crippen molar-refractivity contribution in [3.63, 3.8) is 0 Å². The van der Waals surface area contributed by atoms with E-state index in [0.717, 1.165) is 17.1 Å². The molecule has 1 aromatic carbocycles. The molecular weight excluding hydrogens is 330 g/mol. The molecule has 1 aliphatic rings. The van der Waals surface area contributed by atoms with E-state index in [4.69, 9.17) is 26.4 Å². The Labute approximate surface area is 147 Å². The first-order valence-electron chi connectivity index (χ1n) is 7.70. The number of thiocarbonyl (C=S) groups is 1. The third-order valence-electron chi connectivity index (χ3n) is 2.97. The van der Waals surface area contributed by atoms with Crippen LogP contribution in [0.2, 0.25) is 0 Å². The highest BCUT2D eigenvalue weighted by atomic mass is 32.1. The fourth-order valence-electron chi connectivity index (χ4n) is 1.95. The topological polar surface area (TPSA) is 80.9 Å². The number of hydrogen-bond donors (Lipinski definition) is 3. The lowest BCUT2D eigenvalue weighted by Crippen LogP contribution is -2.41. The standard InChI is InChI=1S/C16H23N3O4S/c1-16(2,3)23-15(20)18-7-6-17-14(24)19-9-11-4-5-12-13(8-11)22-10-21-12/h4-5,8H,6-7,9-10H2,1-3H3,(H,18,20)(H2,17,19,24). The zero-order chi connectivity index (χ0) is 17.6. The van der Waals surface area contributed by atoms with Crippen molar-refractivity contribution >= 4 is 23.4 Å². The maximum absolute atomic E-state index is 11.5. The molecule has 3 N–H and O–H groups in total. The lowest BCUT2D eigenvalue weighted by Gasteiger charge is -2.19. The normalized spacial score (nSPS) is 12.5. The second kappa shape index (κ2) is 8.05. The van der Waals surface area contributed by atoms with E-state index in [1.807, 2.05) is 39.0 Å². The second-order valence-corrected chi connectivity index (χ2v) is 6.63. The van der Waals surface area contributed by atoms with Crippen LogP contribution >= 0.6 is 12.2 Å². The minimum Gasteiger partial charge on any atom is -0.454 e. The maximum Gasteiger partial charge on any atom is 0.407 e. The molecule has 0 radical (unpaired) electrons. The lowest BCUT2D eigenvalue weighted by atomic mass is 10.2. The van der Waals surface area contributed by atoms with E-state index in [2.05, 4.69) is 16.0 Å². The van der Waals surface area contributed by atoms with Crippen LogP contribution in [-0.4, -0.2) is 36.7 Å². The first-order chi connectivity index (χ1) is 11.3. The van der Waals surface area contributed by atoms with Crippen LogP contribution in [0.15, 0.2) is 18.2 Å². The Morgan fingerprint density at radius 1 is 1.17 bits per heavy atom. The molecule has 0 fully saturated rings. The number of hydrogen-bond acceptors (Lipinski definition) is 5. The Morgan fingerprint density at radius 3 is 2.62 bits per heavy atom. The zero-order valence-corrected chi connectivity index (χ0v) is 14.9. The summed E-state index contributed by atoms with van der Waals surface area (Å²) in [5, 5.41) is 9.28. The van der Waals surface area contributed by atoms with Gasteiger partial charge >= 0.3 is 6.09 Å². The van der Waals surface area contributed by atoms with Crippen LogP contribution in [0.3, 0.4) is 0 Å². The van der Waals surface area contributed by atoms with Gasteiger partial charge in [0.1, 0.15) is 5.60 Å². The minimum atomic E-state index is -0.501. The minimum absolute atomic E-state index is 0.261. The van der Waals surface area contributed by atoms with Gasteiger partial charge in [-0.2, -0.15) is 0 Å². The summed E-state index contributed by atoms with van der Waals surface area (Å²) in [7, 11) is 0. The van der Waals surface area contributed by atoms with Crippen molar-refractivity contribution in [3.05, 3.63) is 23.8 Å². The zero-order valence-electron chi connectivity index (χ0n) is 14.1. The third kappa shape index (κ3) is 6.11. The third-order valence-corrected chi connectivity index (χ3v) is 3.26. The monoisotopic (exact) mass is 353 g/mol. The van der Waals surface area contributed by atoms with E-state index in [-0.39, 0.29) is 6.79 Å². The number of rotatable bonds is 5. The number of nitrogens with one attached hydrogen (secondary N) is 3. The highest BCUT2D eigenvalue weighted by molar-refractivity contribution is 7.80. The van der Waals surface area contributed by atoms with E-state index in [0.29, 0.717) is 24.7 Å². The highest BCUT2D eigenvalue weighted by Gasteiger charge is 2.15. The Hall–Kier alpha value is -2.22. The van der Waals surface area contributed by atoms with Crippen LogP contribution in [0.5, 0.6) is 11.5 Å². The van der Waals surface area contributed by atoms with Crippen LogP contribution in [0, 0.1) is 0 Å². The van der Waals surface area contributed by atoms with Crippen molar-refractivity contribution < 1.29 is 19.0 Å². The van der Waals surface area contributed by atoms with Crippen LogP contribution in [0.4, 0.5) is 4.79 Å². The molecule has 0 atom stereocenters. The summed E-state index contributed by atoms with van der Waals surface area (Å²) >= 11 is 5.20. The van der Waals surface area contributed by atoms with E-state index in [1.54, 1.807) is 0 Å². The molecular formula is C16H23N3O4S. The molecule has 1 aromatic rings. The van der Waals surface area contributed by atoms with Crippen LogP contribution in [0.25, 0.3) is 0 Å². The first-order valence-corrected chi connectivity index (χ1v) is 8.11. The van der Waals surface area contributed by atoms with Gasteiger partial charge in [-0.25, -0.2) is 4.79 Å². The Bertz CT molecular complexity index is 601. The molecule has 1 amide bonds. The van der Waals surface area contributed by atoms with E-state index >= 15 is 0 Å². The fourth-order valence-corrected chi connectivity index (χ4v) is 2.12. The molecule has 0 bridgehead atoms. The van der Waals surface area contributed by atoms with Crippen molar-refractivity contribution in [3.8, 4) is 11.5 Å². The van der Waals surface area contributed by atoms with Gasteiger partial charge < -0.3 is 30.2 Å². The Morgan fingerprint density at radius 2 is 1.88 bits per heavy atom. The fraction of sp³-hybridized carbons (Fsp3) is 0.500. The molecule has 24 heavy (non-hydrogen) atoms. The summed E-state index contributed by atoms with van der Waals surface area (Å²) in [6, 6.07) is 5.75. The van der Waals surface area contributed by atoms with Crippen molar-refractivity contribution in [2.24, 2.45) is 0 Å². The second-order valence-electron chi connectivity index (χ2n) is 6.23. The quantitative estimate of drug-likeness (QED) is 0.551. The molecule has 0 unspecified atom stereocenters. The molecule has 1 heterocycles. The molecule has 0 spiro atoms. The molecule has 0 aromatic heterocycles. The maximum atomic E-state index is 11.5. The summed E-state index contributed by atoms with van der Waals surface area (Å²) in [6.45, 7) is 7.21. The highest BCUT2D eigenvalue weighted by Crippen LogP contribution is 2.32. The number of ether oxygens (including phenoxy) is 3. The van der Waals surface area contributed by atoms with Crippen LogP contribution < -0.4 is 25.4 Å². The molecule has 132 valence electrons. The van der Waals surface area contributed by atoms with Crippen molar-refractivity contribution in [1.82, 2.24) is 16.0 Å². The number of carbonyl (C=O) groups excluding carboxylic acids is 1. The molecule has 2 rings (SSSR count). The Balaban J connectivity index is 1.61. The average Bonchev–Trinajstić information content (AvgIpc) is 2.95. The van der Waals surface area contributed by atoms with Gasteiger partial charge in [0.05, 0.1) is 0 Å². The van der Waals surface area contributed by atoms with Gasteiger partial charge in [-0.1, -0.05) is 6.07 Å². The predicted octanol–water partition coefficient (Wildman–Crippen LogP) is 1.90. The molecule has 0 saturated carbocycles. The summed E-state index contributed by atoms with van der Waals surface area (Å²) < 4.78 is 15.7. The summed E-state index contributed by atoms with van der Waals surface area (Å²) in [5.74, 6) is 1.50. The van der Waals surface area contributed by atoms with Crippen LogP contribution in [0.1, 0.15) is 26.3 Å². The van der Waals surface area contributed by atoms with Crippen LogP contribution in [-0.2, 0) is 11.3 Å². The summed E-state index contributed by atoms with van der Waals surface area (Å²) in [6.07, 6.45) is -0.441. The van der Waals surface area contributed by atoms with E-state index in [1.165, 1.54) is 0 Å². The largest absolute Gasteiger partial charge is 0.454 e. The summed E-state index contributed by atoms with van der Waals surface area (Å²) in [4.78, 5) is 11.5. The van der Waals surface area contributed by atoms with Gasteiger partial charge in [-0.15, -0.1) is 0 Å². The van der Waals surface area contributed by atoms with Gasteiger partial charge in [0.25, 0.3) is 0 Å². The van der Waals surface area contributed by atoms with Crippen molar-refractivity contribution in [1.29, 1.82) is 0 Å². The van der Waals surface area contributed by atoms with Gasteiger partial charge in [-0.05, 0) is 50.7 Å². The number of carbonyl (C=O) groups is 1. The van der Waals surface area contributed by atoms with Gasteiger partial charge in [-0.3, -0.25) is 0 Å². The number of alkyl carbamates (subject to hydrolysis) is 1. The molecule has 8 heteroatoms. The van der Waals surface area contributed by atoms with E-state index < -0.39 is 11.7 Å². The SMILES string of the molecule is CC(C)(C)OC(=O)NCCNC(=S)NCc1ccc2c(c1)OCO2.